The van der Waals surface area contributed by atoms with Gasteiger partial charge in [-0.3, -0.25) is 0 Å². The molecule has 0 saturated carbocycles. The van der Waals surface area contributed by atoms with E-state index in [0.29, 0.717) is 17.9 Å². The molecule has 0 aliphatic carbocycles. The highest BCUT2D eigenvalue weighted by Gasteiger charge is 2.24. The number of nitrogens with zero attached hydrogens (tertiary/aromatic N) is 1. The fraction of sp³-hybridized carbons (Fsp3) is 0.250. The molecule has 2 rings (SSSR count). The summed E-state index contributed by atoms with van der Waals surface area (Å²) in [5.74, 6) is 0.106. The van der Waals surface area contributed by atoms with Crippen LogP contribution in [-0.2, 0) is 21.3 Å². The van der Waals surface area contributed by atoms with Gasteiger partial charge in [0.2, 0.25) is 10.0 Å². The van der Waals surface area contributed by atoms with E-state index in [0.717, 1.165) is 5.56 Å². The summed E-state index contributed by atoms with van der Waals surface area (Å²) in [5, 5.41) is 0. The summed E-state index contributed by atoms with van der Waals surface area (Å²) in [6, 6.07) is 11.7. The van der Waals surface area contributed by atoms with Gasteiger partial charge in [-0.15, -0.1) is 0 Å². The van der Waals surface area contributed by atoms with Crippen LogP contribution in [0, 0.1) is 6.92 Å². The molecule has 0 aromatic heterocycles. The zero-order valence-corrected chi connectivity index (χ0v) is 16.5. The summed E-state index contributed by atoms with van der Waals surface area (Å²) in [6.07, 6.45) is 1.65. The lowest BCUT2D eigenvalue weighted by Gasteiger charge is -2.19. The molecule has 0 radical (unpaired) electrons. The minimum absolute atomic E-state index is 0.0823. The van der Waals surface area contributed by atoms with Crippen LogP contribution in [0.4, 0.5) is 0 Å². The topological polar surface area (TPSA) is 72.9 Å². The van der Waals surface area contributed by atoms with Crippen LogP contribution in [0.1, 0.15) is 21.5 Å². The number of ether oxygens (including phenoxy) is 2. The van der Waals surface area contributed by atoms with Crippen molar-refractivity contribution in [2.75, 3.05) is 20.8 Å². The Bertz CT molecular complexity index is 920. The van der Waals surface area contributed by atoms with E-state index in [-0.39, 0.29) is 17.0 Å². The highest BCUT2D eigenvalue weighted by molar-refractivity contribution is 7.89. The van der Waals surface area contributed by atoms with Crippen molar-refractivity contribution < 1.29 is 22.7 Å². The normalized spacial score (nSPS) is 11.3. The Morgan fingerprint density at radius 1 is 1.19 bits per heavy atom. The molecular formula is C20H23NO5S. The lowest BCUT2D eigenvalue weighted by molar-refractivity contribution is 0.0600. The highest BCUT2D eigenvalue weighted by Crippen LogP contribution is 2.23. The molecule has 0 heterocycles. The monoisotopic (exact) mass is 389 g/mol. The average molecular weight is 389 g/mol. The molecule has 27 heavy (non-hydrogen) atoms. The van der Waals surface area contributed by atoms with Crippen LogP contribution >= 0.6 is 0 Å². The highest BCUT2D eigenvalue weighted by atomic mass is 32.2. The molecule has 0 spiro atoms. The predicted octanol–water partition coefficient (Wildman–Crippen LogP) is 3.17. The van der Waals surface area contributed by atoms with Crippen LogP contribution in [-0.4, -0.2) is 39.5 Å². The van der Waals surface area contributed by atoms with Gasteiger partial charge < -0.3 is 9.47 Å². The van der Waals surface area contributed by atoms with Crippen molar-refractivity contribution in [1.29, 1.82) is 0 Å². The van der Waals surface area contributed by atoms with Crippen LogP contribution < -0.4 is 4.74 Å². The second kappa shape index (κ2) is 8.83. The van der Waals surface area contributed by atoms with Gasteiger partial charge in [0.15, 0.2) is 0 Å². The summed E-state index contributed by atoms with van der Waals surface area (Å²) in [7, 11) is -1.02. The van der Waals surface area contributed by atoms with Gasteiger partial charge in [-0.2, -0.15) is 4.31 Å². The second-order valence-electron chi connectivity index (χ2n) is 5.98. The van der Waals surface area contributed by atoms with Crippen molar-refractivity contribution >= 4 is 16.0 Å². The molecule has 0 aliphatic rings. The first-order valence-electron chi connectivity index (χ1n) is 8.27. The van der Waals surface area contributed by atoms with Gasteiger partial charge in [-0.05, 0) is 42.3 Å². The van der Waals surface area contributed by atoms with Crippen molar-refractivity contribution in [2.24, 2.45) is 0 Å². The van der Waals surface area contributed by atoms with Gasteiger partial charge in [-0.25, -0.2) is 13.2 Å². The maximum Gasteiger partial charge on any atom is 0.337 e. The number of esters is 1. The summed E-state index contributed by atoms with van der Waals surface area (Å²) in [4.78, 5) is 11.8. The van der Waals surface area contributed by atoms with Gasteiger partial charge in [0.05, 0.1) is 17.6 Å². The zero-order valence-electron chi connectivity index (χ0n) is 15.6. The van der Waals surface area contributed by atoms with Crippen LogP contribution in [0.3, 0.4) is 0 Å². The molecule has 0 amide bonds. The molecule has 7 heteroatoms. The minimum Gasteiger partial charge on any atom is -0.490 e. The fourth-order valence-electron chi connectivity index (χ4n) is 2.48. The molecule has 0 fully saturated rings. The molecular weight excluding hydrogens is 366 g/mol. The van der Waals surface area contributed by atoms with Crippen LogP contribution in [0.2, 0.25) is 0 Å². The Kier molecular flexibility index (Phi) is 6.76. The number of sulfonamides is 1. The number of methoxy groups -OCH3 is 1. The van der Waals surface area contributed by atoms with Crippen molar-refractivity contribution in [1.82, 2.24) is 4.31 Å². The number of rotatable bonds is 8. The van der Waals surface area contributed by atoms with Gasteiger partial charge in [0.25, 0.3) is 0 Å². The Balaban J connectivity index is 2.23. The summed E-state index contributed by atoms with van der Waals surface area (Å²) >= 11 is 0. The average Bonchev–Trinajstić information content (AvgIpc) is 2.67. The van der Waals surface area contributed by atoms with Crippen molar-refractivity contribution in [3.05, 3.63) is 71.8 Å². The maximum atomic E-state index is 13.0. The predicted molar refractivity (Wildman–Crippen MR) is 103 cm³/mol. The molecule has 2 aromatic rings. The third kappa shape index (κ3) is 4.96. The number of carbonyl (C=O) groups is 1. The smallest absolute Gasteiger partial charge is 0.337 e. The molecule has 0 N–H and O–H groups in total. The number of hydrogen-bond acceptors (Lipinski definition) is 5. The molecule has 0 saturated heterocycles. The van der Waals surface area contributed by atoms with E-state index >= 15 is 0 Å². The third-order valence-corrected chi connectivity index (χ3v) is 5.94. The lowest BCUT2D eigenvalue weighted by Crippen LogP contribution is -2.27. The molecule has 0 bridgehead atoms. The number of benzene rings is 2. The van der Waals surface area contributed by atoms with Crippen LogP contribution in [0.15, 0.2) is 60.0 Å². The van der Waals surface area contributed by atoms with E-state index in [1.807, 2.05) is 12.1 Å². The zero-order chi connectivity index (χ0) is 20.0. The van der Waals surface area contributed by atoms with E-state index in [9.17, 15) is 13.2 Å². The SMILES string of the molecule is C=CCOc1ccc(CN(C)S(=O)(=O)c2cc(C(=O)OC)ccc2C)cc1. The first-order valence-corrected chi connectivity index (χ1v) is 9.71. The van der Waals surface area contributed by atoms with Crippen molar-refractivity contribution in [3.63, 3.8) is 0 Å². The standard InChI is InChI=1S/C20H23NO5S/c1-5-12-26-18-10-7-16(8-11-18)14-21(3)27(23,24)19-13-17(20(22)25-4)9-6-15(19)2/h5-11,13H,1,12,14H2,2-4H3. The number of hydrogen-bond donors (Lipinski definition) is 0. The Labute approximate surface area is 160 Å². The molecule has 0 unspecified atom stereocenters. The lowest BCUT2D eigenvalue weighted by atomic mass is 10.1. The second-order valence-corrected chi connectivity index (χ2v) is 7.99. The van der Waals surface area contributed by atoms with Crippen molar-refractivity contribution in [2.45, 2.75) is 18.4 Å². The molecule has 2 aromatic carbocycles. The van der Waals surface area contributed by atoms with E-state index in [4.69, 9.17) is 4.74 Å². The van der Waals surface area contributed by atoms with Gasteiger partial charge in [0.1, 0.15) is 12.4 Å². The van der Waals surface area contributed by atoms with E-state index in [1.165, 1.54) is 24.5 Å². The maximum absolute atomic E-state index is 13.0. The first-order chi connectivity index (χ1) is 12.8. The van der Waals surface area contributed by atoms with Gasteiger partial charge in [0, 0.05) is 13.6 Å². The quantitative estimate of drug-likeness (QED) is 0.512. The largest absolute Gasteiger partial charge is 0.490 e. The Hall–Kier alpha value is -2.64. The molecule has 0 aliphatic heterocycles. The van der Waals surface area contributed by atoms with E-state index in [1.54, 1.807) is 37.3 Å². The van der Waals surface area contributed by atoms with Gasteiger partial charge in [-0.1, -0.05) is 30.9 Å². The fourth-order valence-corrected chi connectivity index (χ4v) is 3.88. The minimum atomic E-state index is -3.78. The van der Waals surface area contributed by atoms with Crippen LogP contribution in [0.5, 0.6) is 5.75 Å². The van der Waals surface area contributed by atoms with E-state index in [2.05, 4.69) is 11.3 Å². The van der Waals surface area contributed by atoms with Gasteiger partial charge >= 0.3 is 5.97 Å². The summed E-state index contributed by atoms with van der Waals surface area (Å²) < 4.78 is 37.3. The Morgan fingerprint density at radius 3 is 2.44 bits per heavy atom. The summed E-state index contributed by atoms with van der Waals surface area (Å²) in [6.45, 7) is 5.87. The van der Waals surface area contributed by atoms with Crippen LogP contribution in [0.25, 0.3) is 0 Å². The molecule has 6 nitrogen and oxygen atoms in total. The van der Waals surface area contributed by atoms with E-state index < -0.39 is 16.0 Å². The third-order valence-electron chi connectivity index (χ3n) is 3.99. The molecule has 144 valence electrons. The van der Waals surface area contributed by atoms with Crippen molar-refractivity contribution in [3.8, 4) is 5.75 Å². The Morgan fingerprint density at radius 2 is 1.85 bits per heavy atom. The molecule has 0 atom stereocenters. The number of aryl methyl sites for hydroxylation is 1. The number of carbonyl (C=O) groups excluding carboxylic acids is 1. The summed E-state index contributed by atoms with van der Waals surface area (Å²) in [5.41, 5.74) is 1.57. The first kappa shape index (κ1) is 20.7.